The van der Waals surface area contributed by atoms with Crippen LogP contribution in [0.3, 0.4) is 0 Å². The molecule has 2 N–H and O–H groups in total. The summed E-state index contributed by atoms with van der Waals surface area (Å²) in [6.45, 7) is 0. The zero-order valence-electron chi connectivity index (χ0n) is 10.1. The number of aliphatic carboxylic acids is 1. The molecule has 1 amide bonds. The molecule has 1 heterocycles. The number of amides is 1. The van der Waals surface area contributed by atoms with Gasteiger partial charge in [0.15, 0.2) is 9.84 Å². The van der Waals surface area contributed by atoms with Gasteiger partial charge in [0.25, 0.3) is 0 Å². The third-order valence-electron chi connectivity index (χ3n) is 2.83. The van der Waals surface area contributed by atoms with Gasteiger partial charge in [-0.1, -0.05) is 0 Å². The molecule has 0 radical (unpaired) electrons. The van der Waals surface area contributed by atoms with Crippen molar-refractivity contribution in [1.82, 2.24) is 5.32 Å². The first-order valence-corrected chi connectivity index (χ1v) is 8.80. The Bertz CT molecular complexity index is 420. The van der Waals surface area contributed by atoms with E-state index in [4.69, 9.17) is 5.11 Å². The molecule has 6 nitrogen and oxygen atoms in total. The fourth-order valence-corrected chi connectivity index (χ4v) is 4.00. The zero-order valence-corrected chi connectivity index (χ0v) is 11.7. The fourth-order valence-electron chi connectivity index (χ4n) is 1.78. The summed E-state index contributed by atoms with van der Waals surface area (Å²) in [4.78, 5) is 22.7. The van der Waals surface area contributed by atoms with E-state index in [0.29, 0.717) is 12.2 Å². The van der Waals surface area contributed by atoms with Gasteiger partial charge >= 0.3 is 5.97 Å². The molecule has 1 aliphatic rings. The lowest BCUT2D eigenvalue weighted by Crippen LogP contribution is -2.44. The van der Waals surface area contributed by atoms with Gasteiger partial charge in [0.05, 0.1) is 17.4 Å². The van der Waals surface area contributed by atoms with Crippen molar-refractivity contribution in [3.63, 3.8) is 0 Å². The van der Waals surface area contributed by atoms with E-state index >= 15 is 0 Å². The first-order valence-electron chi connectivity index (χ1n) is 5.58. The minimum atomic E-state index is -3.13. The van der Waals surface area contributed by atoms with Crippen molar-refractivity contribution in [3.8, 4) is 0 Å². The topological polar surface area (TPSA) is 101 Å². The maximum absolute atomic E-state index is 11.8. The molecule has 0 bridgehead atoms. The van der Waals surface area contributed by atoms with Crippen molar-refractivity contribution < 1.29 is 23.1 Å². The van der Waals surface area contributed by atoms with Crippen molar-refractivity contribution >= 4 is 33.5 Å². The Morgan fingerprint density at radius 2 is 2.17 bits per heavy atom. The van der Waals surface area contributed by atoms with Crippen molar-refractivity contribution in [2.24, 2.45) is 5.92 Å². The maximum atomic E-state index is 11.8. The van der Waals surface area contributed by atoms with Gasteiger partial charge in [0.2, 0.25) is 5.91 Å². The van der Waals surface area contributed by atoms with Crippen LogP contribution >= 0.6 is 11.8 Å². The van der Waals surface area contributed by atoms with Gasteiger partial charge in [-0.3, -0.25) is 4.79 Å². The van der Waals surface area contributed by atoms with Crippen LogP contribution in [-0.2, 0) is 19.4 Å². The molecule has 1 fully saturated rings. The SMILES string of the molecule is CSCC[C@@H](NC(=O)C1CCS(=O)(=O)C1)C(=O)O. The largest absolute Gasteiger partial charge is 0.480 e. The number of hydrogen-bond donors (Lipinski definition) is 2. The van der Waals surface area contributed by atoms with Gasteiger partial charge in [-0.2, -0.15) is 11.8 Å². The molecule has 1 saturated heterocycles. The van der Waals surface area contributed by atoms with Crippen LogP contribution in [-0.4, -0.2) is 55.0 Å². The van der Waals surface area contributed by atoms with Crippen LogP contribution in [0.2, 0.25) is 0 Å². The average Bonchev–Trinajstić information content (AvgIpc) is 2.64. The summed E-state index contributed by atoms with van der Waals surface area (Å²) in [7, 11) is -3.13. The monoisotopic (exact) mass is 295 g/mol. The van der Waals surface area contributed by atoms with Gasteiger partial charge < -0.3 is 10.4 Å². The van der Waals surface area contributed by atoms with E-state index in [2.05, 4.69) is 5.32 Å². The molecule has 1 unspecified atom stereocenters. The number of carboxylic acid groups (broad SMARTS) is 1. The number of nitrogens with one attached hydrogen (secondary N) is 1. The van der Waals surface area contributed by atoms with E-state index in [0.717, 1.165) is 0 Å². The summed E-state index contributed by atoms with van der Waals surface area (Å²) in [5, 5.41) is 11.4. The summed E-state index contributed by atoms with van der Waals surface area (Å²) in [5.74, 6) is -1.70. The highest BCUT2D eigenvalue weighted by Crippen LogP contribution is 2.18. The van der Waals surface area contributed by atoms with E-state index in [9.17, 15) is 18.0 Å². The summed E-state index contributed by atoms with van der Waals surface area (Å²) in [6, 6.07) is -0.937. The third kappa shape index (κ3) is 4.49. The Balaban J connectivity index is 2.54. The Morgan fingerprint density at radius 1 is 1.50 bits per heavy atom. The molecule has 0 aromatic rings. The number of sulfone groups is 1. The van der Waals surface area contributed by atoms with Crippen LogP contribution in [0.25, 0.3) is 0 Å². The second kappa shape index (κ2) is 6.42. The Labute approximate surface area is 110 Å². The van der Waals surface area contributed by atoms with E-state index in [1.807, 2.05) is 6.26 Å². The lowest BCUT2D eigenvalue weighted by molar-refractivity contribution is -0.142. The molecule has 2 atom stereocenters. The molecular formula is C10H17NO5S2. The van der Waals surface area contributed by atoms with E-state index in [-0.39, 0.29) is 17.9 Å². The first-order chi connectivity index (χ1) is 8.35. The molecule has 104 valence electrons. The van der Waals surface area contributed by atoms with Crippen LogP contribution in [0.5, 0.6) is 0 Å². The summed E-state index contributed by atoms with van der Waals surface area (Å²) in [5.41, 5.74) is 0. The van der Waals surface area contributed by atoms with Crippen LogP contribution in [0.4, 0.5) is 0 Å². The standard InChI is InChI=1S/C10H17NO5S2/c1-17-4-2-8(10(13)14)11-9(12)7-3-5-18(15,16)6-7/h7-8H,2-6H2,1H3,(H,11,12)(H,13,14)/t7?,8-/m1/s1. The highest BCUT2D eigenvalue weighted by molar-refractivity contribution is 7.98. The predicted molar refractivity (Wildman–Crippen MR) is 69.3 cm³/mol. The normalized spacial score (nSPS) is 23.5. The molecule has 18 heavy (non-hydrogen) atoms. The number of carbonyl (C=O) groups excluding carboxylic acids is 1. The molecule has 0 aromatic heterocycles. The lowest BCUT2D eigenvalue weighted by atomic mass is 10.1. The van der Waals surface area contributed by atoms with Crippen LogP contribution < -0.4 is 5.32 Å². The number of thioether (sulfide) groups is 1. The Kier molecular flexibility index (Phi) is 5.46. The van der Waals surface area contributed by atoms with Crippen molar-refractivity contribution in [2.75, 3.05) is 23.5 Å². The minimum absolute atomic E-state index is 0.00758. The second-order valence-corrected chi connectivity index (χ2v) is 7.50. The summed E-state index contributed by atoms with van der Waals surface area (Å²) in [6.07, 6.45) is 2.47. The molecule has 0 saturated carbocycles. The molecule has 1 aliphatic heterocycles. The lowest BCUT2D eigenvalue weighted by Gasteiger charge is -2.16. The van der Waals surface area contributed by atoms with Crippen LogP contribution in [0.1, 0.15) is 12.8 Å². The number of rotatable bonds is 6. The van der Waals surface area contributed by atoms with Gasteiger partial charge in [-0.05, 0) is 24.9 Å². The molecule has 1 rings (SSSR count). The first kappa shape index (κ1) is 15.3. The summed E-state index contributed by atoms with van der Waals surface area (Å²) < 4.78 is 22.5. The Morgan fingerprint density at radius 3 is 2.61 bits per heavy atom. The highest BCUT2D eigenvalue weighted by Gasteiger charge is 2.34. The van der Waals surface area contributed by atoms with Gasteiger partial charge in [-0.15, -0.1) is 0 Å². The molecule has 8 heteroatoms. The second-order valence-electron chi connectivity index (χ2n) is 4.28. The van der Waals surface area contributed by atoms with Gasteiger partial charge in [-0.25, -0.2) is 13.2 Å². The fraction of sp³-hybridized carbons (Fsp3) is 0.800. The van der Waals surface area contributed by atoms with E-state index in [1.165, 1.54) is 11.8 Å². The summed E-state index contributed by atoms with van der Waals surface area (Å²) >= 11 is 1.50. The third-order valence-corrected chi connectivity index (χ3v) is 5.24. The van der Waals surface area contributed by atoms with Gasteiger partial charge in [0, 0.05) is 0 Å². The van der Waals surface area contributed by atoms with E-state index < -0.39 is 33.7 Å². The Hall–Kier alpha value is -0.760. The van der Waals surface area contributed by atoms with Crippen LogP contribution in [0, 0.1) is 5.92 Å². The van der Waals surface area contributed by atoms with Crippen molar-refractivity contribution in [3.05, 3.63) is 0 Å². The molecule has 0 spiro atoms. The maximum Gasteiger partial charge on any atom is 0.326 e. The predicted octanol–water partition coefficient (Wildman–Crippen LogP) is -0.256. The number of carboxylic acids is 1. The van der Waals surface area contributed by atoms with Crippen molar-refractivity contribution in [2.45, 2.75) is 18.9 Å². The smallest absolute Gasteiger partial charge is 0.326 e. The van der Waals surface area contributed by atoms with Crippen molar-refractivity contribution in [1.29, 1.82) is 0 Å². The number of carbonyl (C=O) groups is 2. The highest BCUT2D eigenvalue weighted by atomic mass is 32.2. The van der Waals surface area contributed by atoms with Crippen LogP contribution in [0.15, 0.2) is 0 Å². The molecular weight excluding hydrogens is 278 g/mol. The quantitative estimate of drug-likeness (QED) is 0.700. The van der Waals surface area contributed by atoms with Gasteiger partial charge in [0.1, 0.15) is 6.04 Å². The molecule has 0 aromatic carbocycles. The zero-order chi connectivity index (χ0) is 13.8. The minimum Gasteiger partial charge on any atom is -0.480 e. The molecule has 0 aliphatic carbocycles. The average molecular weight is 295 g/mol. The number of hydrogen-bond acceptors (Lipinski definition) is 5. The van der Waals surface area contributed by atoms with E-state index in [1.54, 1.807) is 0 Å².